The van der Waals surface area contributed by atoms with Gasteiger partial charge in [0.1, 0.15) is 11.6 Å². The summed E-state index contributed by atoms with van der Waals surface area (Å²) in [5.74, 6) is 1.40. The summed E-state index contributed by atoms with van der Waals surface area (Å²) in [7, 11) is 3.32. The van der Waals surface area contributed by atoms with E-state index in [0.29, 0.717) is 5.84 Å². The van der Waals surface area contributed by atoms with Gasteiger partial charge in [-0.05, 0) is 24.4 Å². The summed E-state index contributed by atoms with van der Waals surface area (Å²) >= 11 is 0. The molecule has 0 unspecified atom stereocenters. The lowest BCUT2D eigenvalue weighted by atomic mass is 10.1. The molecule has 1 aromatic carbocycles. The number of amidine groups is 1. The lowest BCUT2D eigenvalue weighted by molar-refractivity contribution is 0.414. The SMILES string of the molecule is C=C/C=C\C=C\NC(C=N/C=C(\NC=C)c1cccc(OC)c1)=NC.CC. The molecule has 0 aliphatic rings. The smallest absolute Gasteiger partial charge is 0.143 e. The molecule has 1 rings (SSSR count). The zero-order valence-electron chi connectivity index (χ0n) is 16.6. The summed E-state index contributed by atoms with van der Waals surface area (Å²) in [5, 5.41) is 6.11. The maximum absolute atomic E-state index is 5.25. The van der Waals surface area contributed by atoms with Crippen LogP contribution in [0.15, 0.2) is 90.3 Å². The van der Waals surface area contributed by atoms with Crippen LogP contribution in [-0.4, -0.2) is 26.2 Å². The molecule has 27 heavy (non-hydrogen) atoms. The minimum absolute atomic E-state index is 0.628. The third-order valence-electron chi connectivity index (χ3n) is 2.97. The minimum Gasteiger partial charge on any atom is -0.497 e. The van der Waals surface area contributed by atoms with Crippen LogP contribution in [0.1, 0.15) is 19.4 Å². The zero-order chi connectivity index (χ0) is 20.3. The summed E-state index contributed by atoms with van der Waals surface area (Å²) in [6, 6.07) is 7.68. The molecule has 0 spiro atoms. The van der Waals surface area contributed by atoms with Gasteiger partial charge in [-0.3, -0.25) is 9.98 Å². The van der Waals surface area contributed by atoms with Crippen LogP contribution in [0.25, 0.3) is 5.70 Å². The monoisotopic (exact) mass is 366 g/mol. The Morgan fingerprint density at radius 1 is 1.11 bits per heavy atom. The Morgan fingerprint density at radius 2 is 1.89 bits per heavy atom. The van der Waals surface area contributed by atoms with Crippen molar-refractivity contribution in [2.75, 3.05) is 14.2 Å². The molecule has 0 heterocycles. The van der Waals surface area contributed by atoms with E-state index in [1.807, 2.05) is 56.3 Å². The van der Waals surface area contributed by atoms with E-state index in [0.717, 1.165) is 17.0 Å². The average Bonchev–Trinajstić information content (AvgIpc) is 2.73. The molecular weight excluding hydrogens is 336 g/mol. The van der Waals surface area contributed by atoms with Crippen molar-refractivity contribution in [2.45, 2.75) is 13.8 Å². The first kappa shape index (κ1) is 23.7. The van der Waals surface area contributed by atoms with Gasteiger partial charge in [-0.2, -0.15) is 0 Å². The Hall–Kier alpha value is -3.34. The number of hydrogen-bond acceptors (Lipinski definition) is 4. The van der Waals surface area contributed by atoms with Crippen molar-refractivity contribution in [3.05, 3.63) is 85.9 Å². The molecule has 0 bridgehead atoms. The van der Waals surface area contributed by atoms with E-state index in [9.17, 15) is 0 Å². The third kappa shape index (κ3) is 10.3. The molecule has 0 radical (unpaired) electrons. The van der Waals surface area contributed by atoms with Crippen LogP contribution >= 0.6 is 0 Å². The Balaban J connectivity index is 0.00000326. The molecule has 2 N–H and O–H groups in total. The fraction of sp³-hybridized carbons (Fsp3) is 0.182. The second-order valence-corrected chi connectivity index (χ2v) is 4.63. The second-order valence-electron chi connectivity index (χ2n) is 4.63. The molecule has 1 aromatic rings. The highest BCUT2D eigenvalue weighted by Crippen LogP contribution is 2.18. The first-order valence-corrected chi connectivity index (χ1v) is 8.68. The van der Waals surface area contributed by atoms with Crippen molar-refractivity contribution >= 4 is 17.7 Å². The van der Waals surface area contributed by atoms with Gasteiger partial charge in [0.25, 0.3) is 0 Å². The second kappa shape index (κ2) is 16.1. The highest BCUT2D eigenvalue weighted by atomic mass is 16.5. The Kier molecular flexibility index (Phi) is 14.1. The van der Waals surface area contributed by atoms with Gasteiger partial charge in [-0.1, -0.05) is 57.4 Å². The van der Waals surface area contributed by atoms with Gasteiger partial charge >= 0.3 is 0 Å². The number of ether oxygens (including phenoxy) is 1. The van der Waals surface area contributed by atoms with Crippen molar-refractivity contribution in [1.29, 1.82) is 0 Å². The van der Waals surface area contributed by atoms with Crippen LogP contribution in [0.2, 0.25) is 0 Å². The van der Waals surface area contributed by atoms with E-state index < -0.39 is 0 Å². The van der Waals surface area contributed by atoms with E-state index in [2.05, 4.69) is 33.8 Å². The maximum Gasteiger partial charge on any atom is 0.143 e. The summed E-state index contributed by atoms with van der Waals surface area (Å²) in [5.41, 5.74) is 1.74. The van der Waals surface area contributed by atoms with E-state index in [1.165, 1.54) is 0 Å². The Morgan fingerprint density at radius 3 is 2.52 bits per heavy atom. The fourth-order valence-corrected chi connectivity index (χ4v) is 1.77. The molecule has 144 valence electrons. The van der Waals surface area contributed by atoms with Crippen LogP contribution in [0.3, 0.4) is 0 Å². The molecule has 0 amide bonds. The largest absolute Gasteiger partial charge is 0.497 e. The number of benzene rings is 1. The van der Waals surface area contributed by atoms with Gasteiger partial charge < -0.3 is 15.4 Å². The third-order valence-corrected chi connectivity index (χ3v) is 2.97. The fourth-order valence-electron chi connectivity index (χ4n) is 1.77. The van der Waals surface area contributed by atoms with Gasteiger partial charge in [-0.15, -0.1) is 0 Å². The molecule has 5 nitrogen and oxygen atoms in total. The Labute approximate surface area is 163 Å². The number of hydrogen-bond donors (Lipinski definition) is 2. The van der Waals surface area contributed by atoms with Crippen LogP contribution in [0.4, 0.5) is 0 Å². The van der Waals surface area contributed by atoms with Crippen LogP contribution in [0.5, 0.6) is 5.75 Å². The van der Waals surface area contributed by atoms with Crippen molar-refractivity contribution in [1.82, 2.24) is 10.6 Å². The standard InChI is InChI=1S/C20H24N4O.C2H6/c1-5-7-8-9-13-24-20(21-3)16-22-15-19(23-6-2)17-11-10-12-18(14-17)25-4;1-2/h5-16,23H,1-2H2,3-4H3,(H,21,24);1-2H3/b8-7-,13-9+,19-15-,22-16?;. The molecule has 0 saturated carbocycles. The van der Waals surface area contributed by atoms with Gasteiger partial charge in [0.05, 0.1) is 25.2 Å². The van der Waals surface area contributed by atoms with Crippen molar-refractivity contribution < 1.29 is 4.74 Å². The van der Waals surface area contributed by atoms with Crippen LogP contribution in [-0.2, 0) is 0 Å². The predicted molar refractivity (Wildman–Crippen MR) is 119 cm³/mol. The summed E-state index contributed by atoms with van der Waals surface area (Å²) in [6.45, 7) is 11.3. The zero-order valence-corrected chi connectivity index (χ0v) is 16.6. The number of rotatable bonds is 9. The van der Waals surface area contributed by atoms with E-state index in [-0.39, 0.29) is 0 Å². The summed E-state index contributed by atoms with van der Waals surface area (Å²) in [4.78, 5) is 8.43. The van der Waals surface area contributed by atoms with Gasteiger partial charge in [0.2, 0.25) is 0 Å². The minimum atomic E-state index is 0.628. The number of allylic oxidation sites excluding steroid dienone is 4. The lowest BCUT2D eigenvalue weighted by Gasteiger charge is -2.08. The van der Waals surface area contributed by atoms with Crippen molar-refractivity contribution in [3.8, 4) is 5.75 Å². The number of nitrogens with zero attached hydrogens (tertiary/aromatic N) is 2. The van der Waals surface area contributed by atoms with Crippen molar-refractivity contribution in [2.24, 2.45) is 9.98 Å². The molecule has 0 saturated heterocycles. The maximum atomic E-state index is 5.25. The predicted octanol–water partition coefficient (Wildman–Crippen LogP) is 4.70. The molecule has 0 atom stereocenters. The van der Waals surface area contributed by atoms with Gasteiger partial charge in [-0.25, -0.2) is 0 Å². The highest BCUT2D eigenvalue weighted by molar-refractivity contribution is 6.29. The molecule has 0 fully saturated rings. The highest BCUT2D eigenvalue weighted by Gasteiger charge is 2.01. The molecule has 0 aromatic heterocycles. The normalized spacial score (nSPS) is 12.0. The van der Waals surface area contributed by atoms with E-state index in [1.54, 1.807) is 45.0 Å². The molecule has 5 heteroatoms. The molecular formula is C22H30N4O. The van der Waals surface area contributed by atoms with Gasteiger partial charge in [0, 0.05) is 18.8 Å². The summed E-state index contributed by atoms with van der Waals surface area (Å²) in [6.07, 6.45) is 13.9. The number of methoxy groups -OCH3 is 1. The molecule has 0 aliphatic heterocycles. The number of aliphatic imine (C=N–C) groups is 2. The van der Waals surface area contributed by atoms with Crippen LogP contribution < -0.4 is 15.4 Å². The number of nitrogens with one attached hydrogen (secondary N) is 2. The Bertz CT molecular complexity index is 713. The average molecular weight is 367 g/mol. The first-order valence-electron chi connectivity index (χ1n) is 8.68. The molecule has 0 aliphatic carbocycles. The summed E-state index contributed by atoms with van der Waals surface area (Å²) < 4.78 is 5.25. The van der Waals surface area contributed by atoms with Gasteiger partial charge in [0.15, 0.2) is 0 Å². The van der Waals surface area contributed by atoms with Crippen LogP contribution in [0, 0.1) is 0 Å². The quantitative estimate of drug-likeness (QED) is 0.378. The topological polar surface area (TPSA) is 58.0 Å². The first-order chi connectivity index (χ1) is 13.2. The van der Waals surface area contributed by atoms with E-state index >= 15 is 0 Å². The lowest BCUT2D eigenvalue weighted by Crippen LogP contribution is -2.18. The van der Waals surface area contributed by atoms with Crippen molar-refractivity contribution in [3.63, 3.8) is 0 Å². The van der Waals surface area contributed by atoms with E-state index in [4.69, 9.17) is 4.74 Å².